The Morgan fingerprint density at radius 3 is 2.87 bits per heavy atom. The van der Waals surface area contributed by atoms with Crippen LogP contribution in [0.15, 0.2) is 18.3 Å². The van der Waals surface area contributed by atoms with Crippen LogP contribution in [0, 0.1) is 13.8 Å². The Morgan fingerprint density at radius 1 is 1.40 bits per heavy atom. The van der Waals surface area contributed by atoms with Gasteiger partial charge in [0, 0.05) is 34.7 Å². The van der Waals surface area contributed by atoms with Crippen LogP contribution < -0.4 is 5.32 Å². The van der Waals surface area contributed by atoms with E-state index in [1.165, 1.54) is 15.3 Å². The molecule has 15 heavy (non-hydrogen) atoms. The first-order chi connectivity index (χ1) is 7.25. The summed E-state index contributed by atoms with van der Waals surface area (Å²) in [6, 6.07) is 4.23. The second-order valence-electron chi connectivity index (χ2n) is 3.62. The lowest BCUT2D eigenvalue weighted by molar-refractivity contribution is 0.677. The molecule has 0 atom stereocenters. The number of nitrogens with one attached hydrogen (secondary N) is 2. The quantitative estimate of drug-likeness (QED) is 0.832. The molecule has 2 aromatic rings. The average Bonchev–Trinajstić information content (AvgIpc) is 2.77. The fraction of sp³-hybridized carbons (Fsp3) is 0.364. The number of rotatable bonds is 4. The van der Waals surface area contributed by atoms with Crippen molar-refractivity contribution >= 4 is 11.3 Å². The molecule has 0 unspecified atom stereocenters. The van der Waals surface area contributed by atoms with Gasteiger partial charge in [0.15, 0.2) is 0 Å². The molecule has 2 rings (SSSR count). The Bertz CT molecular complexity index is 417. The van der Waals surface area contributed by atoms with E-state index < -0.39 is 0 Å². The van der Waals surface area contributed by atoms with Gasteiger partial charge in [-0.2, -0.15) is 5.10 Å². The van der Waals surface area contributed by atoms with Crippen molar-refractivity contribution in [2.24, 2.45) is 0 Å². The average molecular weight is 221 g/mol. The van der Waals surface area contributed by atoms with Crippen LogP contribution in [-0.4, -0.2) is 10.2 Å². The van der Waals surface area contributed by atoms with E-state index in [0.717, 1.165) is 18.8 Å². The third-order valence-corrected chi connectivity index (χ3v) is 3.34. The summed E-state index contributed by atoms with van der Waals surface area (Å²) in [6.07, 6.45) is 1.77. The highest BCUT2D eigenvalue weighted by Gasteiger charge is 2.02. The standard InChI is InChI=1S/C11H15N3S/c1-8-5-10(9(2)15-8)6-12-7-11-3-4-13-14-11/h3-5,12H,6-7H2,1-2H3,(H,13,14). The molecular formula is C11H15N3S. The molecule has 0 aliphatic rings. The lowest BCUT2D eigenvalue weighted by Gasteiger charge is -2.01. The number of H-pyrrole nitrogens is 1. The molecule has 0 spiro atoms. The van der Waals surface area contributed by atoms with Crippen LogP contribution in [0.1, 0.15) is 21.0 Å². The molecule has 80 valence electrons. The first-order valence-electron chi connectivity index (χ1n) is 5.00. The molecule has 0 amide bonds. The number of aryl methyl sites for hydroxylation is 2. The molecule has 4 heteroatoms. The first kappa shape index (κ1) is 10.4. The SMILES string of the molecule is Cc1cc(CNCc2ccn[nH]2)c(C)s1. The summed E-state index contributed by atoms with van der Waals surface area (Å²) in [4.78, 5) is 2.79. The van der Waals surface area contributed by atoms with Gasteiger partial charge in [-0.3, -0.25) is 5.10 Å². The summed E-state index contributed by atoms with van der Waals surface area (Å²) < 4.78 is 0. The summed E-state index contributed by atoms with van der Waals surface area (Å²) in [5, 5.41) is 10.2. The number of aromatic nitrogens is 2. The Labute approximate surface area is 93.5 Å². The summed E-state index contributed by atoms with van der Waals surface area (Å²) in [5.74, 6) is 0. The van der Waals surface area contributed by atoms with Crippen molar-refractivity contribution in [3.05, 3.63) is 39.3 Å². The molecule has 0 saturated heterocycles. The molecule has 0 saturated carbocycles. The molecule has 0 aliphatic heterocycles. The number of hydrogen-bond donors (Lipinski definition) is 2. The van der Waals surface area contributed by atoms with Crippen LogP contribution in [0.4, 0.5) is 0 Å². The zero-order valence-corrected chi connectivity index (χ0v) is 9.82. The second-order valence-corrected chi connectivity index (χ2v) is 5.08. The molecule has 0 radical (unpaired) electrons. The molecule has 2 N–H and O–H groups in total. The van der Waals surface area contributed by atoms with Gasteiger partial charge in [-0.1, -0.05) is 0 Å². The minimum absolute atomic E-state index is 0.842. The summed E-state index contributed by atoms with van der Waals surface area (Å²) in [5.41, 5.74) is 2.52. The van der Waals surface area contributed by atoms with E-state index in [2.05, 4.69) is 35.4 Å². The van der Waals surface area contributed by atoms with E-state index in [1.54, 1.807) is 6.20 Å². The Morgan fingerprint density at radius 2 is 2.27 bits per heavy atom. The summed E-state index contributed by atoms with van der Waals surface area (Å²) >= 11 is 1.86. The van der Waals surface area contributed by atoms with Crippen LogP contribution in [0.3, 0.4) is 0 Å². The Hall–Kier alpha value is -1.13. The number of thiophene rings is 1. The predicted octanol–water partition coefficient (Wildman–Crippen LogP) is 2.38. The summed E-state index contributed by atoms with van der Waals surface area (Å²) in [7, 11) is 0. The zero-order valence-electron chi connectivity index (χ0n) is 9.00. The van der Waals surface area contributed by atoms with E-state index in [4.69, 9.17) is 0 Å². The maximum atomic E-state index is 3.91. The topological polar surface area (TPSA) is 40.7 Å². The van der Waals surface area contributed by atoms with Gasteiger partial charge in [0.1, 0.15) is 0 Å². The third-order valence-electron chi connectivity index (χ3n) is 2.33. The van der Waals surface area contributed by atoms with Gasteiger partial charge < -0.3 is 5.32 Å². The van der Waals surface area contributed by atoms with Crippen molar-refractivity contribution in [1.29, 1.82) is 0 Å². The Balaban J connectivity index is 1.86. The zero-order chi connectivity index (χ0) is 10.7. The molecule has 0 fully saturated rings. The van der Waals surface area contributed by atoms with Crippen molar-refractivity contribution in [3.8, 4) is 0 Å². The van der Waals surface area contributed by atoms with E-state index in [0.29, 0.717) is 0 Å². The first-order valence-corrected chi connectivity index (χ1v) is 5.82. The highest BCUT2D eigenvalue weighted by molar-refractivity contribution is 7.12. The minimum Gasteiger partial charge on any atom is -0.307 e. The van der Waals surface area contributed by atoms with E-state index in [-0.39, 0.29) is 0 Å². The minimum atomic E-state index is 0.842. The maximum absolute atomic E-state index is 3.91. The van der Waals surface area contributed by atoms with Gasteiger partial charge in [0.05, 0.1) is 0 Å². The van der Waals surface area contributed by atoms with Gasteiger partial charge in [0.2, 0.25) is 0 Å². The highest BCUT2D eigenvalue weighted by atomic mass is 32.1. The molecule has 0 aromatic carbocycles. The van der Waals surface area contributed by atoms with Crippen molar-refractivity contribution in [2.75, 3.05) is 0 Å². The van der Waals surface area contributed by atoms with Crippen LogP contribution in [0.25, 0.3) is 0 Å². The van der Waals surface area contributed by atoms with Crippen LogP contribution >= 0.6 is 11.3 Å². The number of nitrogens with zero attached hydrogens (tertiary/aromatic N) is 1. The van der Waals surface area contributed by atoms with E-state index in [9.17, 15) is 0 Å². The molecule has 2 aromatic heterocycles. The number of aromatic amines is 1. The van der Waals surface area contributed by atoms with Gasteiger partial charge >= 0.3 is 0 Å². The van der Waals surface area contributed by atoms with Crippen molar-refractivity contribution in [3.63, 3.8) is 0 Å². The monoisotopic (exact) mass is 221 g/mol. The van der Waals surface area contributed by atoms with Crippen molar-refractivity contribution in [1.82, 2.24) is 15.5 Å². The van der Waals surface area contributed by atoms with Gasteiger partial charge in [-0.25, -0.2) is 0 Å². The smallest absolute Gasteiger partial charge is 0.0490 e. The lowest BCUT2D eigenvalue weighted by atomic mass is 10.2. The predicted molar refractivity (Wildman–Crippen MR) is 62.9 cm³/mol. The van der Waals surface area contributed by atoms with E-state index in [1.807, 2.05) is 17.4 Å². The van der Waals surface area contributed by atoms with Gasteiger partial charge in [0.25, 0.3) is 0 Å². The van der Waals surface area contributed by atoms with Gasteiger partial charge in [-0.15, -0.1) is 11.3 Å². The largest absolute Gasteiger partial charge is 0.307 e. The maximum Gasteiger partial charge on any atom is 0.0490 e. The fourth-order valence-electron chi connectivity index (χ4n) is 1.57. The number of hydrogen-bond acceptors (Lipinski definition) is 3. The fourth-order valence-corrected chi connectivity index (χ4v) is 2.52. The van der Waals surface area contributed by atoms with E-state index >= 15 is 0 Å². The molecule has 2 heterocycles. The summed E-state index contributed by atoms with van der Waals surface area (Å²) in [6.45, 7) is 6.09. The second kappa shape index (κ2) is 4.59. The Kier molecular flexibility index (Phi) is 3.18. The van der Waals surface area contributed by atoms with Crippen LogP contribution in [0.2, 0.25) is 0 Å². The van der Waals surface area contributed by atoms with Crippen LogP contribution in [0.5, 0.6) is 0 Å². The molecule has 0 aliphatic carbocycles. The lowest BCUT2D eigenvalue weighted by Crippen LogP contribution is -2.12. The van der Waals surface area contributed by atoms with Crippen molar-refractivity contribution < 1.29 is 0 Å². The molecule has 0 bridgehead atoms. The van der Waals surface area contributed by atoms with Crippen LogP contribution in [-0.2, 0) is 13.1 Å². The normalized spacial score (nSPS) is 10.8. The third kappa shape index (κ3) is 2.67. The molecule has 3 nitrogen and oxygen atoms in total. The highest BCUT2D eigenvalue weighted by Crippen LogP contribution is 2.20. The van der Waals surface area contributed by atoms with Crippen molar-refractivity contribution in [2.45, 2.75) is 26.9 Å². The van der Waals surface area contributed by atoms with Gasteiger partial charge in [-0.05, 0) is 31.5 Å². The molecular weight excluding hydrogens is 206 g/mol.